The van der Waals surface area contributed by atoms with Gasteiger partial charge in [-0.25, -0.2) is 9.59 Å². The lowest BCUT2D eigenvalue weighted by Crippen LogP contribution is -2.53. The van der Waals surface area contributed by atoms with Crippen LogP contribution in [-0.4, -0.2) is 119 Å². The Labute approximate surface area is 292 Å². The Hall–Kier alpha value is -3.15. The van der Waals surface area contributed by atoms with Gasteiger partial charge in [-0.15, -0.1) is 0 Å². The molecule has 3 aliphatic heterocycles. The lowest BCUT2D eigenvalue weighted by Gasteiger charge is -2.40. The molecule has 0 radical (unpaired) electrons. The number of carbonyl (C=O) groups excluding carboxylic acids is 3. The number of allylic oxidation sites excluding steroid dienone is 2. The van der Waals surface area contributed by atoms with E-state index in [1.54, 1.807) is 22.8 Å². The van der Waals surface area contributed by atoms with Crippen LogP contribution in [0.2, 0.25) is 0 Å². The molecule has 0 unspecified atom stereocenters. The van der Waals surface area contributed by atoms with E-state index in [2.05, 4.69) is 4.90 Å². The number of hydrogen-bond donors (Lipinski definition) is 2. The maximum absolute atomic E-state index is 13.4. The van der Waals surface area contributed by atoms with Crippen LogP contribution in [0.4, 0.5) is 9.59 Å². The molecule has 49 heavy (non-hydrogen) atoms. The van der Waals surface area contributed by atoms with E-state index in [0.29, 0.717) is 32.2 Å². The summed E-state index contributed by atoms with van der Waals surface area (Å²) in [6.45, 7) is 11.5. The summed E-state index contributed by atoms with van der Waals surface area (Å²) in [6.07, 6.45) is 17.2. The number of hydrogen-bond acceptors (Lipinski definition) is 9. The van der Waals surface area contributed by atoms with Crippen LogP contribution in [0.15, 0.2) is 48.1 Å². The summed E-state index contributed by atoms with van der Waals surface area (Å²) in [5.74, 6) is -0.901. The maximum atomic E-state index is 13.4. The average molecular weight is 686 g/mol. The Kier molecular flexibility index (Phi) is 14.8. The second kappa shape index (κ2) is 18.7. The van der Waals surface area contributed by atoms with Crippen LogP contribution in [0.1, 0.15) is 85.5 Å². The van der Waals surface area contributed by atoms with Crippen molar-refractivity contribution in [1.82, 2.24) is 14.7 Å². The number of carbonyl (C=O) groups is 3. The van der Waals surface area contributed by atoms with Gasteiger partial charge in [-0.1, -0.05) is 76.0 Å². The number of nitrogens with zero attached hydrogens (tertiary/aromatic N) is 3. The van der Waals surface area contributed by atoms with Gasteiger partial charge in [0.25, 0.3) is 0 Å². The molecule has 0 aromatic rings. The minimum atomic E-state index is -1.47. The van der Waals surface area contributed by atoms with Gasteiger partial charge >= 0.3 is 18.2 Å². The van der Waals surface area contributed by atoms with E-state index >= 15 is 0 Å². The first kappa shape index (κ1) is 38.6. The van der Waals surface area contributed by atoms with Crippen molar-refractivity contribution in [3.63, 3.8) is 0 Å². The third-order valence-electron chi connectivity index (χ3n) is 10.3. The molecule has 0 spiro atoms. The van der Waals surface area contributed by atoms with Gasteiger partial charge in [0.1, 0.15) is 11.7 Å². The molecule has 1 saturated carbocycles. The topological polar surface area (TPSA) is 129 Å². The van der Waals surface area contributed by atoms with E-state index in [1.807, 2.05) is 57.2 Å². The maximum Gasteiger partial charge on any atom is 0.410 e. The number of ether oxygens (including phenoxy) is 3. The van der Waals surface area contributed by atoms with E-state index in [9.17, 15) is 24.6 Å². The fraction of sp³-hybridized carbons (Fsp3) is 0.711. The average Bonchev–Trinajstić information content (AvgIpc) is 3.49. The minimum Gasteiger partial charge on any atom is -0.457 e. The first-order chi connectivity index (χ1) is 23.4. The van der Waals surface area contributed by atoms with E-state index in [-0.39, 0.29) is 43.8 Å². The molecule has 1 aliphatic carbocycles. The van der Waals surface area contributed by atoms with Crippen LogP contribution >= 0.6 is 0 Å². The van der Waals surface area contributed by atoms with Crippen molar-refractivity contribution in [1.29, 1.82) is 0 Å². The third kappa shape index (κ3) is 12.0. The summed E-state index contributed by atoms with van der Waals surface area (Å²) in [7, 11) is 0. The zero-order valence-electron chi connectivity index (χ0n) is 30.0. The van der Waals surface area contributed by atoms with E-state index < -0.39 is 36.0 Å². The second-order valence-corrected chi connectivity index (χ2v) is 14.6. The molecule has 2 amide bonds. The second-order valence-electron chi connectivity index (χ2n) is 14.6. The van der Waals surface area contributed by atoms with Gasteiger partial charge < -0.3 is 34.2 Å². The van der Waals surface area contributed by atoms with Crippen LogP contribution in [0, 0.1) is 11.8 Å². The molecule has 4 aliphatic rings. The summed E-state index contributed by atoms with van der Waals surface area (Å²) in [5, 5.41) is 22.2. The molecule has 0 aromatic carbocycles. The van der Waals surface area contributed by atoms with Gasteiger partial charge in [-0.05, 0) is 51.2 Å². The van der Waals surface area contributed by atoms with E-state index in [1.165, 1.54) is 38.5 Å². The van der Waals surface area contributed by atoms with Gasteiger partial charge in [0.2, 0.25) is 0 Å². The number of esters is 1. The predicted molar refractivity (Wildman–Crippen MR) is 188 cm³/mol. The summed E-state index contributed by atoms with van der Waals surface area (Å²) in [6, 6.07) is 0.587. The lowest BCUT2D eigenvalue weighted by atomic mass is 9.89. The van der Waals surface area contributed by atoms with Gasteiger partial charge in [-0.2, -0.15) is 0 Å². The minimum absolute atomic E-state index is 0.0349. The molecular weight excluding hydrogens is 626 g/mol. The quantitative estimate of drug-likeness (QED) is 0.119. The standard InChI is InChI=1S/C38H59N3O8/c1-28(27-47-36(44)40-20-9-10-21-40)12-11-13-29(2)35-30(3)16-17-33(38(4,46)19-18-32(42)26-34(43)49-35)48-37(45)41-24-22-39(23-25-41)31-14-7-5-6-8-15-31/h9-13,16-17,28,30-33,35,42,46H,5-8,14-15,18-27H2,1-4H3/b12-11+,17-16+,29-13+/t28-,30+,32+,33+,35-,38+/m1/s1. The molecule has 11 heteroatoms. The van der Waals surface area contributed by atoms with Crippen molar-refractivity contribution < 1.29 is 38.8 Å². The van der Waals surface area contributed by atoms with Crippen LogP contribution < -0.4 is 0 Å². The van der Waals surface area contributed by atoms with Crippen molar-refractivity contribution in [3.05, 3.63) is 48.1 Å². The van der Waals surface area contributed by atoms with Crippen molar-refractivity contribution in [2.24, 2.45) is 11.8 Å². The first-order valence-corrected chi connectivity index (χ1v) is 18.3. The molecule has 1 saturated heterocycles. The molecule has 274 valence electrons. The zero-order valence-corrected chi connectivity index (χ0v) is 30.0. The Morgan fingerprint density at radius 1 is 1.02 bits per heavy atom. The van der Waals surface area contributed by atoms with Crippen molar-refractivity contribution in [3.8, 4) is 0 Å². The predicted octanol–water partition coefficient (Wildman–Crippen LogP) is 5.38. The Bertz CT molecular complexity index is 1210. The molecule has 0 bridgehead atoms. The van der Waals surface area contributed by atoms with Crippen LogP contribution in [0.25, 0.3) is 0 Å². The van der Waals surface area contributed by atoms with Crippen LogP contribution in [0.3, 0.4) is 0 Å². The number of amides is 2. The van der Waals surface area contributed by atoms with Crippen molar-refractivity contribution in [2.75, 3.05) is 45.9 Å². The molecular formula is C38H59N3O8. The molecule has 3 heterocycles. The highest BCUT2D eigenvalue weighted by Gasteiger charge is 2.37. The highest BCUT2D eigenvalue weighted by molar-refractivity contribution is 5.70. The number of rotatable bonds is 7. The highest BCUT2D eigenvalue weighted by atomic mass is 16.6. The largest absolute Gasteiger partial charge is 0.457 e. The molecule has 2 N–H and O–H groups in total. The fourth-order valence-corrected chi connectivity index (χ4v) is 7.00. The van der Waals surface area contributed by atoms with Crippen LogP contribution in [0.5, 0.6) is 0 Å². The number of cyclic esters (lactones) is 1. The molecule has 0 aromatic heterocycles. The highest BCUT2D eigenvalue weighted by Crippen LogP contribution is 2.28. The Morgan fingerprint density at radius 2 is 1.69 bits per heavy atom. The summed E-state index contributed by atoms with van der Waals surface area (Å²) < 4.78 is 17.3. The molecule has 2 fully saturated rings. The van der Waals surface area contributed by atoms with E-state index in [4.69, 9.17) is 14.2 Å². The number of aliphatic hydroxyl groups is 2. The van der Waals surface area contributed by atoms with Crippen LogP contribution in [-0.2, 0) is 19.0 Å². The molecule has 4 rings (SSSR count). The van der Waals surface area contributed by atoms with Gasteiger partial charge in [0.15, 0.2) is 6.10 Å². The van der Waals surface area contributed by atoms with Gasteiger partial charge in [-0.3, -0.25) is 9.69 Å². The third-order valence-corrected chi connectivity index (χ3v) is 10.3. The summed E-state index contributed by atoms with van der Waals surface area (Å²) >= 11 is 0. The normalized spacial score (nSPS) is 31.4. The molecule has 11 nitrogen and oxygen atoms in total. The number of aliphatic hydroxyl groups excluding tert-OH is 1. The van der Waals surface area contributed by atoms with Gasteiger partial charge in [0, 0.05) is 57.1 Å². The lowest BCUT2D eigenvalue weighted by molar-refractivity contribution is -0.151. The van der Waals surface area contributed by atoms with Crippen molar-refractivity contribution in [2.45, 2.75) is 115 Å². The first-order valence-electron chi connectivity index (χ1n) is 18.3. The fourth-order valence-electron chi connectivity index (χ4n) is 7.00. The van der Waals surface area contributed by atoms with E-state index in [0.717, 1.165) is 18.7 Å². The SMILES string of the molecule is C/C(=C\C=C\[C@@H](C)COC(=O)N1CC=CC1)[C@H]1OC(=O)C[C@@H](O)CC[C@](C)(O)[C@@H](OC(=O)N2CCN(C3CCCCCC3)CC2)/C=C/[C@@H]1C. The Morgan fingerprint density at radius 3 is 2.37 bits per heavy atom. The smallest absolute Gasteiger partial charge is 0.410 e. The number of piperazine rings is 1. The van der Waals surface area contributed by atoms with Crippen molar-refractivity contribution >= 4 is 18.2 Å². The monoisotopic (exact) mass is 685 g/mol. The Balaban J connectivity index is 1.40. The molecule has 6 atom stereocenters. The zero-order chi connectivity index (χ0) is 35.4. The van der Waals surface area contributed by atoms with Gasteiger partial charge in [0.05, 0.1) is 19.1 Å². The summed E-state index contributed by atoms with van der Waals surface area (Å²) in [5.41, 5.74) is -0.695. The summed E-state index contributed by atoms with van der Waals surface area (Å²) in [4.78, 5) is 44.3.